The number of aromatic amines is 1. The summed E-state index contributed by atoms with van der Waals surface area (Å²) in [6, 6.07) is 5.75. The van der Waals surface area contributed by atoms with Crippen molar-refractivity contribution < 1.29 is 23.0 Å². The van der Waals surface area contributed by atoms with Crippen LogP contribution in [0.5, 0.6) is 5.88 Å². The molecule has 2 N–H and O–H groups in total. The van der Waals surface area contributed by atoms with Crippen molar-refractivity contribution in [3.8, 4) is 23.2 Å². The lowest BCUT2D eigenvalue weighted by Crippen LogP contribution is -2.58. The lowest BCUT2D eigenvalue weighted by atomic mass is 9.69. The lowest BCUT2D eigenvalue weighted by molar-refractivity contribution is -0.145. The molecule has 5 heterocycles. The summed E-state index contributed by atoms with van der Waals surface area (Å²) in [5.41, 5.74) is 1.82. The molecule has 0 bridgehead atoms. The first-order chi connectivity index (χ1) is 19.3. The largest absolute Gasteiger partial charge is 0.474 e. The molecule has 14 heteroatoms. The fourth-order valence-corrected chi connectivity index (χ4v) is 5.71. The van der Waals surface area contributed by atoms with Crippen molar-refractivity contribution in [2.75, 3.05) is 13.1 Å². The summed E-state index contributed by atoms with van der Waals surface area (Å²) in [5.74, 6) is -1.51. The first kappa shape index (κ1) is 26.1. The van der Waals surface area contributed by atoms with Gasteiger partial charge in [0.25, 0.3) is 0 Å². The van der Waals surface area contributed by atoms with Crippen LogP contribution in [0.1, 0.15) is 43.6 Å². The third-order valence-corrected chi connectivity index (χ3v) is 7.79. The third kappa shape index (κ3) is 4.86. The van der Waals surface area contributed by atoms with Crippen LogP contribution in [0, 0.1) is 11.3 Å². The minimum atomic E-state index is -4.73. The van der Waals surface area contributed by atoms with E-state index in [9.17, 15) is 23.5 Å². The molecule has 0 atom stereocenters. The molecule has 0 spiro atoms. The van der Waals surface area contributed by atoms with Crippen LogP contribution in [0.15, 0.2) is 37.1 Å². The number of nitrogens with one attached hydrogen (secondary N) is 1. The fraction of sp³-hybridized carbons (Fsp3) is 0.462. The second-order valence-electron chi connectivity index (χ2n) is 10.3. The molecule has 0 amide bonds. The summed E-state index contributed by atoms with van der Waals surface area (Å²) < 4.78 is 47.0. The van der Waals surface area contributed by atoms with Crippen molar-refractivity contribution in [2.45, 2.75) is 62.6 Å². The molecule has 1 aliphatic heterocycles. The van der Waals surface area contributed by atoms with Gasteiger partial charge in [-0.05, 0) is 31.7 Å². The van der Waals surface area contributed by atoms with Gasteiger partial charge in [0.15, 0.2) is 0 Å². The van der Waals surface area contributed by atoms with E-state index in [1.54, 1.807) is 6.20 Å². The van der Waals surface area contributed by atoms with Crippen LogP contribution in [0.2, 0.25) is 0 Å². The SMILES string of the molecule is N#CCC1(n2cc(-c3ncnc4[nH]ccc34)cn2)CC(N2CCC(Oc3cc(CO)nc(C(F)(F)F)n3)CC2)C1. The highest BCUT2D eigenvalue weighted by Crippen LogP contribution is 2.45. The molecule has 2 fully saturated rings. The first-order valence-corrected chi connectivity index (χ1v) is 13.0. The number of alkyl halides is 3. The van der Waals surface area contributed by atoms with Crippen LogP contribution in [0.3, 0.4) is 0 Å². The molecule has 1 saturated heterocycles. The number of nitrogens with zero attached hydrogens (tertiary/aromatic N) is 8. The summed E-state index contributed by atoms with van der Waals surface area (Å²) >= 11 is 0. The van der Waals surface area contributed by atoms with Gasteiger partial charge in [0.05, 0.1) is 42.2 Å². The number of halogens is 3. The molecule has 0 aromatic carbocycles. The molecule has 1 saturated carbocycles. The smallest absolute Gasteiger partial charge is 0.451 e. The van der Waals surface area contributed by atoms with Crippen LogP contribution in [0.25, 0.3) is 22.3 Å². The van der Waals surface area contributed by atoms with E-state index in [0.717, 1.165) is 35.1 Å². The van der Waals surface area contributed by atoms with Gasteiger partial charge in [-0.15, -0.1) is 0 Å². The number of piperidine rings is 1. The Kier molecular flexibility index (Phi) is 6.63. The summed E-state index contributed by atoms with van der Waals surface area (Å²) in [4.78, 5) is 21.0. The molecule has 6 rings (SSSR count). The average molecular weight is 554 g/mol. The van der Waals surface area contributed by atoms with E-state index < -0.39 is 24.1 Å². The molecule has 4 aromatic heterocycles. The zero-order valence-corrected chi connectivity index (χ0v) is 21.3. The molecule has 4 aromatic rings. The Morgan fingerprint density at radius 2 is 2.00 bits per heavy atom. The van der Waals surface area contributed by atoms with Gasteiger partial charge in [0, 0.05) is 48.5 Å². The van der Waals surface area contributed by atoms with Crippen molar-refractivity contribution in [3.05, 3.63) is 48.6 Å². The van der Waals surface area contributed by atoms with E-state index in [1.165, 1.54) is 12.4 Å². The molecular formula is C26H26F3N9O2. The number of fused-ring (bicyclic) bond motifs is 1. The van der Waals surface area contributed by atoms with Gasteiger partial charge in [-0.1, -0.05) is 0 Å². The van der Waals surface area contributed by atoms with Gasteiger partial charge in [-0.25, -0.2) is 15.0 Å². The molecule has 0 unspecified atom stereocenters. The summed E-state index contributed by atoms with van der Waals surface area (Å²) in [6.07, 6.45) is 5.10. The number of hydrogen-bond acceptors (Lipinski definition) is 9. The highest BCUT2D eigenvalue weighted by molar-refractivity contribution is 5.89. The number of H-pyrrole nitrogens is 1. The lowest BCUT2D eigenvalue weighted by Gasteiger charge is -2.52. The predicted octanol–water partition coefficient (Wildman–Crippen LogP) is 3.44. The second-order valence-corrected chi connectivity index (χ2v) is 10.3. The Balaban J connectivity index is 1.09. The van der Waals surface area contributed by atoms with Gasteiger partial charge in [0.2, 0.25) is 11.7 Å². The van der Waals surface area contributed by atoms with Crippen molar-refractivity contribution in [1.29, 1.82) is 5.26 Å². The normalized spacial score (nSPS) is 22.2. The Bertz CT molecular complexity index is 1550. The molecule has 2 aliphatic rings. The van der Waals surface area contributed by atoms with Crippen molar-refractivity contribution >= 4 is 11.0 Å². The Hall–Kier alpha value is -4.09. The van der Waals surface area contributed by atoms with Gasteiger partial charge in [0.1, 0.15) is 18.1 Å². The minimum Gasteiger partial charge on any atom is -0.474 e. The maximum absolute atomic E-state index is 13.1. The van der Waals surface area contributed by atoms with E-state index in [-0.39, 0.29) is 23.7 Å². The van der Waals surface area contributed by atoms with E-state index >= 15 is 0 Å². The summed E-state index contributed by atoms with van der Waals surface area (Å²) in [6.45, 7) is 0.775. The number of ether oxygens (including phenoxy) is 1. The highest BCUT2D eigenvalue weighted by atomic mass is 19.4. The van der Waals surface area contributed by atoms with Gasteiger partial charge >= 0.3 is 6.18 Å². The third-order valence-electron chi connectivity index (χ3n) is 7.79. The number of nitriles is 1. The molecule has 40 heavy (non-hydrogen) atoms. The van der Waals surface area contributed by atoms with Gasteiger partial charge in [-0.3, -0.25) is 9.58 Å². The topological polar surface area (TPSA) is 142 Å². The number of aliphatic hydroxyl groups is 1. The maximum atomic E-state index is 13.1. The number of hydrogen-bond donors (Lipinski definition) is 2. The molecule has 208 valence electrons. The van der Waals surface area contributed by atoms with Crippen LogP contribution >= 0.6 is 0 Å². The van der Waals surface area contributed by atoms with Gasteiger partial charge in [-0.2, -0.15) is 28.5 Å². The molecule has 0 radical (unpaired) electrons. The summed E-state index contributed by atoms with van der Waals surface area (Å²) in [5, 5.41) is 24.4. The van der Waals surface area contributed by atoms with Crippen LogP contribution in [0.4, 0.5) is 13.2 Å². The zero-order valence-electron chi connectivity index (χ0n) is 21.3. The van der Waals surface area contributed by atoms with Crippen LogP contribution < -0.4 is 4.74 Å². The highest BCUT2D eigenvalue weighted by Gasteiger charge is 2.49. The Labute approximate surface area is 226 Å². The first-order valence-electron chi connectivity index (χ1n) is 13.0. The number of likely N-dealkylation sites (tertiary alicyclic amines) is 1. The molecule has 11 nitrogen and oxygen atoms in total. The predicted molar refractivity (Wildman–Crippen MR) is 135 cm³/mol. The zero-order chi connectivity index (χ0) is 27.9. The number of aliphatic hydroxyl groups excluding tert-OH is 1. The average Bonchev–Trinajstić information content (AvgIpc) is 3.61. The van der Waals surface area contributed by atoms with E-state index in [2.05, 4.69) is 41.0 Å². The molecular weight excluding hydrogens is 527 g/mol. The van der Waals surface area contributed by atoms with Gasteiger partial charge < -0.3 is 14.8 Å². The van der Waals surface area contributed by atoms with Crippen molar-refractivity contribution in [1.82, 2.24) is 39.6 Å². The maximum Gasteiger partial charge on any atom is 0.451 e. The van der Waals surface area contributed by atoms with E-state index in [0.29, 0.717) is 32.4 Å². The van der Waals surface area contributed by atoms with Crippen LogP contribution in [-0.4, -0.2) is 69.9 Å². The van der Waals surface area contributed by atoms with Crippen LogP contribution in [-0.2, 0) is 18.3 Å². The van der Waals surface area contributed by atoms with E-state index in [4.69, 9.17) is 4.74 Å². The number of rotatable bonds is 7. The Morgan fingerprint density at radius 1 is 1.20 bits per heavy atom. The standard InChI is InChI=1S/C26H26F3N9O2/c27-26(28,29)24-35-17(14-39)9-21(36-24)40-19-2-7-37(8-3-19)18-10-25(11-18,4-5-30)38-13-16(12-34-38)22-20-1-6-31-23(20)33-15-32-22/h1,6,9,12-13,15,18-19,39H,2-4,7-8,10-11,14H2,(H,31,32,33). The number of aromatic nitrogens is 7. The monoisotopic (exact) mass is 553 g/mol. The van der Waals surface area contributed by atoms with Crippen molar-refractivity contribution in [2.24, 2.45) is 0 Å². The second kappa shape index (κ2) is 10.1. The minimum absolute atomic E-state index is 0.142. The Morgan fingerprint density at radius 3 is 2.73 bits per heavy atom. The van der Waals surface area contributed by atoms with Crippen molar-refractivity contribution in [3.63, 3.8) is 0 Å². The quantitative estimate of drug-likeness (QED) is 0.352. The van der Waals surface area contributed by atoms with E-state index in [1.807, 2.05) is 23.1 Å². The summed E-state index contributed by atoms with van der Waals surface area (Å²) in [7, 11) is 0. The molecule has 1 aliphatic carbocycles. The fourth-order valence-electron chi connectivity index (χ4n) is 5.71.